The minimum Gasteiger partial charge on any atom is -0.388 e. The fraction of sp³-hybridized carbons (Fsp3) is 0.588. The molecule has 0 spiro atoms. The number of carbonyl (C=O) groups excluding carboxylic acids is 1. The summed E-state index contributed by atoms with van der Waals surface area (Å²) in [5.41, 5.74) is 1.85. The highest BCUT2D eigenvalue weighted by molar-refractivity contribution is 5.77. The topological polar surface area (TPSA) is 49.3 Å². The van der Waals surface area contributed by atoms with Crippen molar-refractivity contribution in [3.63, 3.8) is 0 Å². The van der Waals surface area contributed by atoms with E-state index in [1.54, 1.807) is 6.92 Å². The molecule has 0 radical (unpaired) electrons. The van der Waals surface area contributed by atoms with Gasteiger partial charge in [-0.05, 0) is 42.7 Å². The molecule has 2 atom stereocenters. The van der Waals surface area contributed by atoms with Crippen molar-refractivity contribution < 1.29 is 9.90 Å². The molecule has 2 rings (SSSR count). The lowest BCUT2D eigenvalue weighted by Crippen LogP contribution is -2.44. The summed E-state index contributed by atoms with van der Waals surface area (Å²) >= 11 is 0. The number of fused-ring (bicyclic) bond motifs is 1. The molecule has 3 heteroatoms. The first-order valence-corrected chi connectivity index (χ1v) is 7.47. The summed E-state index contributed by atoms with van der Waals surface area (Å²) in [6.45, 7) is 6.00. The molecule has 3 nitrogen and oxygen atoms in total. The van der Waals surface area contributed by atoms with Crippen molar-refractivity contribution in [3.8, 4) is 0 Å². The number of benzene rings is 1. The van der Waals surface area contributed by atoms with E-state index in [-0.39, 0.29) is 11.8 Å². The van der Waals surface area contributed by atoms with Gasteiger partial charge in [-0.1, -0.05) is 38.1 Å². The molecule has 1 aromatic rings. The van der Waals surface area contributed by atoms with Crippen LogP contribution in [0.4, 0.5) is 0 Å². The summed E-state index contributed by atoms with van der Waals surface area (Å²) < 4.78 is 0. The van der Waals surface area contributed by atoms with Crippen LogP contribution in [0.1, 0.15) is 50.7 Å². The van der Waals surface area contributed by atoms with E-state index >= 15 is 0 Å². The molecule has 20 heavy (non-hydrogen) atoms. The number of nitrogens with one attached hydrogen (secondary N) is 1. The molecule has 1 aliphatic rings. The van der Waals surface area contributed by atoms with E-state index in [0.29, 0.717) is 18.9 Å². The second kappa shape index (κ2) is 5.96. The molecule has 2 N–H and O–H groups in total. The van der Waals surface area contributed by atoms with Gasteiger partial charge in [0.15, 0.2) is 0 Å². The third kappa shape index (κ3) is 3.40. The lowest BCUT2D eigenvalue weighted by molar-refractivity contribution is -0.123. The number of amides is 1. The Morgan fingerprint density at radius 2 is 2.15 bits per heavy atom. The van der Waals surface area contributed by atoms with Crippen LogP contribution in [0.25, 0.3) is 0 Å². The van der Waals surface area contributed by atoms with Gasteiger partial charge in [-0.2, -0.15) is 0 Å². The van der Waals surface area contributed by atoms with E-state index in [1.807, 2.05) is 19.9 Å². The van der Waals surface area contributed by atoms with Crippen molar-refractivity contribution in [3.05, 3.63) is 35.4 Å². The Morgan fingerprint density at radius 3 is 2.85 bits per heavy atom. The van der Waals surface area contributed by atoms with Gasteiger partial charge in [-0.15, -0.1) is 0 Å². The fourth-order valence-corrected chi connectivity index (χ4v) is 2.64. The first-order chi connectivity index (χ1) is 9.40. The zero-order valence-electron chi connectivity index (χ0n) is 12.6. The van der Waals surface area contributed by atoms with Crippen molar-refractivity contribution in [1.82, 2.24) is 5.32 Å². The van der Waals surface area contributed by atoms with Crippen LogP contribution < -0.4 is 5.32 Å². The molecule has 0 aromatic heterocycles. The molecule has 0 fully saturated rings. The summed E-state index contributed by atoms with van der Waals surface area (Å²) in [6.07, 6.45) is 2.64. The van der Waals surface area contributed by atoms with E-state index in [1.165, 1.54) is 11.1 Å². The van der Waals surface area contributed by atoms with E-state index in [9.17, 15) is 9.90 Å². The number of hydrogen-bond acceptors (Lipinski definition) is 2. The zero-order chi connectivity index (χ0) is 14.8. The molecule has 1 aromatic carbocycles. The summed E-state index contributed by atoms with van der Waals surface area (Å²) in [7, 11) is 0. The molecule has 0 heterocycles. The van der Waals surface area contributed by atoms with Crippen LogP contribution in [0.15, 0.2) is 24.3 Å². The van der Waals surface area contributed by atoms with E-state index in [0.717, 1.165) is 12.8 Å². The SMILES string of the molecule is CC(C)C(C)(O)CNC(=O)CC1CCc2ccccc21. The van der Waals surface area contributed by atoms with Gasteiger partial charge >= 0.3 is 0 Å². The van der Waals surface area contributed by atoms with E-state index < -0.39 is 5.60 Å². The molecule has 1 aliphatic carbocycles. The lowest BCUT2D eigenvalue weighted by Gasteiger charge is -2.28. The summed E-state index contributed by atoms with van der Waals surface area (Å²) in [6, 6.07) is 8.38. The van der Waals surface area contributed by atoms with Crippen LogP contribution in [0.2, 0.25) is 0 Å². The van der Waals surface area contributed by atoms with Gasteiger partial charge in [0.05, 0.1) is 5.60 Å². The van der Waals surface area contributed by atoms with E-state index in [4.69, 9.17) is 0 Å². The fourth-order valence-electron chi connectivity index (χ4n) is 2.64. The Hall–Kier alpha value is -1.35. The second-order valence-electron chi connectivity index (χ2n) is 6.43. The maximum absolute atomic E-state index is 12.1. The zero-order valence-corrected chi connectivity index (χ0v) is 12.6. The van der Waals surface area contributed by atoms with Crippen LogP contribution in [-0.4, -0.2) is 23.2 Å². The summed E-state index contributed by atoms with van der Waals surface area (Å²) in [5, 5.41) is 13.0. The number of carbonyl (C=O) groups is 1. The summed E-state index contributed by atoms with van der Waals surface area (Å²) in [4.78, 5) is 12.1. The predicted molar refractivity (Wildman–Crippen MR) is 80.6 cm³/mol. The van der Waals surface area contributed by atoms with Gasteiger partial charge in [0.25, 0.3) is 0 Å². The van der Waals surface area contributed by atoms with Crippen LogP contribution in [-0.2, 0) is 11.2 Å². The molecule has 0 aliphatic heterocycles. The van der Waals surface area contributed by atoms with Crippen molar-refractivity contribution >= 4 is 5.91 Å². The Kier molecular flexibility index (Phi) is 4.48. The molecule has 2 unspecified atom stereocenters. The molecular formula is C17H25NO2. The van der Waals surface area contributed by atoms with Gasteiger partial charge in [0.1, 0.15) is 0 Å². The van der Waals surface area contributed by atoms with Crippen molar-refractivity contribution in [1.29, 1.82) is 0 Å². The van der Waals surface area contributed by atoms with Gasteiger partial charge in [0, 0.05) is 13.0 Å². The second-order valence-corrected chi connectivity index (χ2v) is 6.43. The maximum atomic E-state index is 12.1. The smallest absolute Gasteiger partial charge is 0.220 e. The van der Waals surface area contributed by atoms with Gasteiger partial charge in [-0.3, -0.25) is 4.79 Å². The van der Waals surface area contributed by atoms with Crippen molar-refractivity contribution in [2.75, 3.05) is 6.54 Å². The average molecular weight is 275 g/mol. The molecule has 110 valence electrons. The van der Waals surface area contributed by atoms with Gasteiger partial charge in [0.2, 0.25) is 5.91 Å². The van der Waals surface area contributed by atoms with Crippen LogP contribution in [0, 0.1) is 5.92 Å². The lowest BCUT2D eigenvalue weighted by atomic mass is 9.92. The van der Waals surface area contributed by atoms with Crippen LogP contribution in [0.3, 0.4) is 0 Å². The Morgan fingerprint density at radius 1 is 1.45 bits per heavy atom. The first kappa shape index (κ1) is 15.0. The third-order valence-corrected chi connectivity index (χ3v) is 4.58. The number of aliphatic hydroxyl groups is 1. The number of rotatable bonds is 5. The van der Waals surface area contributed by atoms with Crippen molar-refractivity contribution in [2.45, 2.75) is 51.6 Å². The normalized spacial score (nSPS) is 20.6. The minimum absolute atomic E-state index is 0.0348. The molecular weight excluding hydrogens is 250 g/mol. The van der Waals surface area contributed by atoms with Crippen LogP contribution >= 0.6 is 0 Å². The Bertz CT molecular complexity index is 480. The Labute approximate surface area is 121 Å². The molecule has 0 saturated heterocycles. The van der Waals surface area contributed by atoms with Crippen molar-refractivity contribution in [2.24, 2.45) is 5.92 Å². The predicted octanol–water partition coefficient (Wildman–Crippen LogP) is 2.63. The highest BCUT2D eigenvalue weighted by Gasteiger charge is 2.27. The molecule has 0 bridgehead atoms. The monoisotopic (exact) mass is 275 g/mol. The highest BCUT2D eigenvalue weighted by atomic mass is 16.3. The first-order valence-electron chi connectivity index (χ1n) is 7.47. The maximum Gasteiger partial charge on any atom is 0.220 e. The Balaban J connectivity index is 1.88. The molecule has 0 saturated carbocycles. The van der Waals surface area contributed by atoms with Gasteiger partial charge in [-0.25, -0.2) is 0 Å². The number of hydrogen-bond donors (Lipinski definition) is 2. The standard InChI is InChI=1S/C17H25NO2/c1-12(2)17(3,20)11-18-16(19)10-14-9-8-13-6-4-5-7-15(13)14/h4-7,12,14,20H,8-11H2,1-3H3,(H,18,19). The van der Waals surface area contributed by atoms with Crippen LogP contribution in [0.5, 0.6) is 0 Å². The third-order valence-electron chi connectivity index (χ3n) is 4.58. The minimum atomic E-state index is -0.844. The summed E-state index contributed by atoms with van der Waals surface area (Å²) in [5.74, 6) is 0.484. The molecule has 1 amide bonds. The van der Waals surface area contributed by atoms with Gasteiger partial charge < -0.3 is 10.4 Å². The quantitative estimate of drug-likeness (QED) is 0.868. The largest absolute Gasteiger partial charge is 0.388 e. The highest BCUT2D eigenvalue weighted by Crippen LogP contribution is 2.35. The van der Waals surface area contributed by atoms with E-state index in [2.05, 4.69) is 23.5 Å². The number of aryl methyl sites for hydroxylation is 1. The average Bonchev–Trinajstić information content (AvgIpc) is 2.80.